The van der Waals surface area contributed by atoms with Crippen LogP contribution in [0.1, 0.15) is 12.5 Å². The molecule has 18 heavy (non-hydrogen) atoms. The molecular formula is C14H16N2O2. The lowest BCUT2D eigenvalue weighted by Crippen LogP contribution is -2.29. The summed E-state index contributed by atoms with van der Waals surface area (Å²) in [4.78, 5) is 16.9. The van der Waals surface area contributed by atoms with E-state index >= 15 is 0 Å². The summed E-state index contributed by atoms with van der Waals surface area (Å²) in [6.07, 6.45) is 3.64. The van der Waals surface area contributed by atoms with Crippen molar-refractivity contribution < 1.29 is 9.90 Å². The number of rotatable bonds is 5. The Morgan fingerprint density at radius 2 is 2.11 bits per heavy atom. The number of carbonyl (C=O) groups is 1. The third kappa shape index (κ3) is 2.84. The predicted octanol–water partition coefficient (Wildman–Crippen LogP) is 2.14. The number of nitrogens with zero attached hydrogens (tertiary/aromatic N) is 2. The van der Waals surface area contributed by atoms with Crippen molar-refractivity contribution in [3.63, 3.8) is 0 Å². The molecule has 2 aromatic rings. The van der Waals surface area contributed by atoms with Crippen LogP contribution in [-0.4, -0.2) is 34.0 Å². The number of pyridine rings is 1. The summed E-state index contributed by atoms with van der Waals surface area (Å²) in [5.74, 6) is -0.801. The van der Waals surface area contributed by atoms with E-state index in [1.165, 1.54) is 0 Å². The number of aromatic nitrogens is 1. The second-order valence-electron chi connectivity index (χ2n) is 4.22. The van der Waals surface area contributed by atoms with Crippen molar-refractivity contribution in [2.45, 2.75) is 13.5 Å². The van der Waals surface area contributed by atoms with Crippen molar-refractivity contribution in [1.82, 2.24) is 9.88 Å². The molecule has 0 aliphatic rings. The highest BCUT2D eigenvalue weighted by Crippen LogP contribution is 2.18. The Balaban J connectivity index is 2.27. The average Bonchev–Trinajstić information content (AvgIpc) is 2.38. The highest BCUT2D eigenvalue weighted by Gasteiger charge is 2.10. The molecule has 2 rings (SSSR count). The topological polar surface area (TPSA) is 53.4 Å². The van der Waals surface area contributed by atoms with Gasteiger partial charge in [0.05, 0.1) is 6.54 Å². The van der Waals surface area contributed by atoms with E-state index in [9.17, 15) is 4.79 Å². The molecule has 0 atom stereocenters. The second kappa shape index (κ2) is 5.60. The summed E-state index contributed by atoms with van der Waals surface area (Å²) in [6, 6.07) is 8.02. The van der Waals surface area contributed by atoms with Gasteiger partial charge in [0.1, 0.15) is 0 Å². The summed E-state index contributed by atoms with van der Waals surface area (Å²) < 4.78 is 0. The smallest absolute Gasteiger partial charge is 0.317 e. The van der Waals surface area contributed by atoms with Gasteiger partial charge in [0.2, 0.25) is 0 Å². The maximum Gasteiger partial charge on any atom is 0.317 e. The molecule has 0 radical (unpaired) electrons. The fourth-order valence-corrected chi connectivity index (χ4v) is 2.02. The maximum absolute atomic E-state index is 10.8. The molecule has 0 spiro atoms. The van der Waals surface area contributed by atoms with Crippen LogP contribution in [-0.2, 0) is 11.3 Å². The van der Waals surface area contributed by atoms with Crippen LogP contribution in [0.15, 0.2) is 36.7 Å². The van der Waals surface area contributed by atoms with Crippen molar-refractivity contribution in [1.29, 1.82) is 0 Å². The highest BCUT2D eigenvalue weighted by atomic mass is 16.4. The number of benzene rings is 1. The lowest BCUT2D eigenvalue weighted by atomic mass is 10.1. The summed E-state index contributed by atoms with van der Waals surface area (Å²) in [5.41, 5.74) is 1.07. The first-order valence-electron chi connectivity index (χ1n) is 5.96. The van der Waals surface area contributed by atoms with Crippen LogP contribution in [0.25, 0.3) is 10.8 Å². The van der Waals surface area contributed by atoms with Gasteiger partial charge in [-0.25, -0.2) is 0 Å². The molecule has 1 N–H and O–H groups in total. The molecule has 94 valence electrons. The molecule has 0 aliphatic heterocycles. The van der Waals surface area contributed by atoms with Crippen LogP contribution in [0.4, 0.5) is 0 Å². The fraction of sp³-hybridized carbons (Fsp3) is 0.286. The summed E-state index contributed by atoms with van der Waals surface area (Å²) in [5, 5.41) is 11.1. The zero-order valence-electron chi connectivity index (χ0n) is 10.3. The zero-order valence-corrected chi connectivity index (χ0v) is 10.3. The molecule has 0 amide bonds. The predicted molar refractivity (Wildman–Crippen MR) is 70.3 cm³/mol. The Bertz CT molecular complexity index is 549. The molecule has 0 saturated heterocycles. The molecule has 0 fully saturated rings. The number of likely N-dealkylation sites (N-methyl/N-ethyl adjacent to an activating group) is 1. The molecular weight excluding hydrogens is 228 g/mol. The molecule has 1 aromatic carbocycles. The minimum Gasteiger partial charge on any atom is -0.480 e. The SMILES string of the molecule is CCN(CC(=O)O)Cc1cncc2ccccc12. The van der Waals surface area contributed by atoms with Gasteiger partial charge in [-0.15, -0.1) is 0 Å². The Morgan fingerprint density at radius 3 is 2.83 bits per heavy atom. The van der Waals surface area contributed by atoms with Crippen molar-refractivity contribution >= 4 is 16.7 Å². The number of aliphatic carboxylic acids is 1. The first-order chi connectivity index (χ1) is 8.70. The van der Waals surface area contributed by atoms with E-state index in [2.05, 4.69) is 4.98 Å². The third-order valence-electron chi connectivity index (χ3n) is 2.95. The molecule has 0 aliphatic carbocycles. The summed E-state index contributed by atoms with van der Waals surface area (Å²) in [7, 11) is 0. The van der Waals surface area contributed by atoms with E-state index in [1.54, 1.807) is 0 Å². The van der Waals surface area contributed by atoms with E-state index in [1.807, 2.05) is 48.5 Å². The highest BCUT2D eigenvalue weighted by molar-refractivity contribution is 5.84. The van der Waals surface area contributed by atoms with E-state index in [0.717, 1.165) is 16.3 Å². The van der Waals surface area contributed by atoms with Gasteiger partial charge in [0.15, 0.2) is 0 Å². The Labute approximate surface area is 106 Å². The minimum absolute atomic E-state index is 0.0553. The monoisotopic (exact) mass is 244 g/mol. The number of carboxylic acids is 1. The number of carboxylic acid groups (broad SMARTS) is 1. The molecule has 1 heterocycles. The lowest BCUT2D eigenvalue weighted by molar-refractivity contribution is -0.138. The Kier molecular flexibility index (Phi) is 3.89. The number of hydrogen-bond donors (Lipinski definition) is 1. The lowest BCUT2D eigenvalue weighted by Gasteiger charge is -2.18. The summed E-state index contributed by atoms with van der Waals surface area (Å²) in [6.45, 7) is 3.33. The second-order valence-corrected chi connectivity index (χ2v) is 4.22. The fourth-order valence-electron chi connectivity index (χ4n) is 2.02. The van der Waals surface area contributed by atoms with Crippen molar-refractivity contribution in [2.24, 2.45) is 0 Å². The Hall–Kier alpha value is -1.94. The van der Waals surface area contributed by atoms with Crippen molar-refractivity contribution in [2.75, 3.05) is 13.1 Å². The van der Waals surface area contributed by atoms with E-state index in [-0.39, 0.29) is 6.54 Å². The van der Waals surface area contributed by atoms with Gasteiger partial charge in [-0.1, -0.05) is 31.2 Å². The first kappa shape index (κ1) is 12.5. The molecule has 1 aromatic heterocycles. The van der Waals surface area contributed by atoms with E-state index < -0.39 is 5.97 Å². The first-order valence-corrected chi connectivity index (χ1v) is 5.96. The van der Waals surface area contributed by atoms with Gasteiger partial charge < -0.3 is 5.11 Å². The van der Waals surface area contributed by atoms with Crippen LogP contribution in [0.3, 0.4) is 0 Å². The van der Waals surface area contributed by atoms with Gasteiger partial charge in [0.25, 0.3) is 0 Å². The van der Waals surface area contributed by atoms with Crippen molar-refractivity contribution in [3.05, 3.63) is 42.2 Å². The van der Waals surface area contributed by atoms with Crippen molar-refractivity contribution in [3.8, 4) is 0 Å². The van der Waals surface area contributed by atoms with Crippen LogP contribution in [0, 0.1) is 0 Å². The molecule has 4 heteroatoms. The summed E-state index contributed by atoms with van der Waals surface area (Å²) >= 11 is 0. The number of hydrogen-bond acceptors (Lipinski definition) is 3. The molecule has 4 nitrogen and oxygen atoms in total. The van der Waals surface area contributed by atoms with E-state index in [0.29, 0.717) is 13.1 Å². The van der Waals surface area contributed by atoms with Gasteiger partial charge in [-0.2, -0.15) is 0 Å². The van der Waals surface area contributed by atoms with Crippen LogP contribution < -0.4 is 0 Å². The molecule has 0 bridgehead atoms. The van der Waals surface area contributed by atoms with Crippen LogP contribution in [0.5, 0.6) is 0 Å². The van der Waals surface area contributed by atoms with Gasteiger partial charge in [-0.05, 0) is 17.5 Å². The minimum atomic E-state index is -0.801. The number of fused-ring (bicyclic) bond motifs is 1. The van der Waals surface area contributed by atoms with Crippen LogP contribution in [0.2, 0.25) is 0 Å². The normalized spacial score (nSPS) is 11.0. The third-order valence-corrected chi connectivity index (χ3v) is 2.95. The van der Waals surface area contributed by atoms with Crippen LogP contribution >= 0.6 is 0 Å². The molecule has 0 unspecified atom stereocenters. The zero-order chi connectivity index (χ0) is 13.0. The maximum atomic E-state index is 10.8. The van der Waals surface area contributed by atoms with E-state index in [4.69, 9.17) is 5.11 Å². The van der Waals surface area contributed by atoms with Gasteiger partial charge in [0, 0.05) is 24.3 Å². The Morgan fingerprint density at radius 1 is 1.33 bits per heavy atom. The van der Waals surface area contributed by atoms with Gasteiger partial charge >= 0.3 is 5.97 Å². The quantitative estimate of drug-likeness (QED) is 0.875. The molecule has 0 saturated carbocycles. The largest absolute Gasteiger partial charge is 0.480 e. The average molecular weight is 244 g/mol. The standard InChI is InChI=1S/C14H16N2O2/c1-2-16(10-14(17)18)9-12-8-15-7-11-5-3-4-6-13(11)12/h3-8H,2,9-10H2,1H3,(H,17,18). The van der Waals surface area contributed by atoms with Gasteiger partial charge in [-0.3, -0.25) is 14.7 Å².